The number of nitrogens with one attached hydrogen (secondary N) is 2. The molecule has 2 aliphatic rings. The second kappa shape index (κ2) is 9.99. The highest BCUT2D eigenvalue weighted by Gasteiger charge is 2.45. The van der Waals surface area contributed by atoms with E-state index in [9.17, 15) is 4.79 Å². The summed E-state index contributed by atoms with van der Waals surface area (Å²) in [5.74, 6) is 0.772. The summed E-state index contributed by atoms with van der Waals surface area (Å²) < 4.78 is 0.608. The molecule has 1 amide bonds. The van der Waals surface area contributed by atoms with E-state index in [0.29, 0.717) is 16.5 Å². The van der Waals surface area contributed by atoms with Crippen LogP contribution >= 0.6 is 0 Å². The van der Waals surface area contributed by atoms with Crippen LogP contribution in [0.1, 0.15) is 48.0 Å². The van der Waals surface area contributed by atoms with Gasteiger partial charge in [0.05, 0.1) is 30.4 Å². The van der Waals surface area contributed by atoms with Crippen molar-refractivity contribution in [1.29, 1.82) is 0 Å². The van der Waals surface area contributed by atoms with E-state index in [1.807, 2.05) is 43.3 Å². The van der Waals surface area contributed by atoms with Crippen molar-refractivity contribution in [3.63, 3.8) is 0 Å². The predicted molar refractivity (Wildman–Crippen MR) is 134 cm³/mol. The van der Waals surface area contributed by atoms with Gasteiger partial charge in [-0.05, 0) is 62.1 Å². The summed E-state index contributed by atoms with van der Waals surface area (Å²) in [7, 11) is 0. The maximum atomic E-state index is 14.1. The van der Waals surface area contributed by atoms with E-state index in [0.717, 1.165) is 79.9 Å². The van der Waals surface area contributed by atoms with Gasteiger partial charge in [-0.3, -0.25) is 9.47 Å². The molecule has 5 rings (SSSR count). The number of piperidine rings is 2. The van der Waals surface area contributed by atoms with Gasteiger partial charge in [0.15, 0.2) is 0 Å². The summed E-state index contributed by atoms with van der Waals surface area (Å²) in [5.41, 5.74) is 4.44. The third-order valence-electron chi connectivity index (χ3n) is 7.37. The molecule has 0 unspecified atom stereocenters. The molecule has 7 heteroatoms. The lowest BCUT2D eigenvalue weighted by molar-refractivity contribution is -0.880. The van der Waals surface area contributed by atoms with E-state index in [1.165, 1.54) is 6.42 Å². The first kappa shape index (κ1) is 22.6. The number of nitrogens with zero attached hydrogens (tertiary/aromatic N) is 4. The molecule has 176 valence electrons. The van der Waals surface area contributed by atoms with Gasteiger partial charge in [0, 0.05) is 55.8 Å². The lowest BCUT2D eigenvalue weighted by Crippen LogP contribution is -2.63. The Balaban J connectivity index is 1.43. The minimum absolute atomic E-state index is 0.264. The van der Waals surface area contributed by atoms with Gasteiger partial charge >= 0.3 is 5.91 Å². The van der Waals surface area contributed by atoms with Gasteiger partial charge in [0.25, 0.3) is 0 Å². The molecule has 2 aromatic heterocycles. The third-order valence-corrected chi connectivity index (χ3v) is 7.37. The van der Waals surface area contributed by atoms with Crippen LogP contribution in [0.2, 0.25) is 0 Å². The summed E-state index contributed by atoms with van der Waals surface area (Å²) in [5, 5.41) is 6.82. The molecule has 3 aromatic rings. The van der Waals surface area contributed by atoms with Crippen molar-refractivity contribution >= 4 is 17.5 Å². The van der Waals surface area contributed by atoms with Gasteiger partial charge in [-0.25, -0.2) is 14.8 Å². The normalized spacial score (nSPS) is 18.4. The number of rotatable bonds is 5. The number of aryl methyl sites for hydroxylation is 1. The van der Waals surface area contributed by atoms with Gasteiger partial charge in [0.2, 0.25) is 5.95 Å². The first-order chi connectivity index (χ1) is 16.7. The second-order valence-electron chi connectivity index (χ2n) is 9.49. The van der Waals surface area contributed by atoms with E-state index in [1.54, 1.807) is 18.6 Å². The van der Waals surface area contributed by atoms with Gasteiger partial charge < -0.3 is 10.6 Å². The minimum Gasteiger partial charge on any atom is -0.324 e. The van der Waals surface area contributed by atoms with Crippen molar-refractivity contribution in [1.82, 2.24) is 20.3 Å². The summed E-state index contributed by atoms with van der Waals surface area (Å²) >= 11 is 0. The first-order valence-electron chi connectivity index (χ1n) is 12.4. The fourth-order valence-electron chi connectivity index (χ4n) is 5.47. The van der Waals surface area contributed by atoms with E-state index in [4.69, 9.17) is 0 Å². The smallest absolute Gasteiger partial charge is 0.324 e. The van der Waals surface area contributed by atoms with Crippen molar-refractivity contribution in [2.75, 3.05) is 31.5 Å². The molecule has 4 heterocycles. The Morgan fingerprint density at radius 2 is 1.88 bits per heavy atom. The molecule has 0 saturated carbocycles. The topological polar surface area (TPSA) is 79.8 Å². The summed E-state index contributed by atoms with van der Waals surface area (Å²) in [6.45, 7) is 5.96. The molecule has 2 saturated heterocycles. The molecule has 7 nitrogen and oxygen atoms in total. The van der Waals surface area contributed by atoms with Crippen LogP contribution in [-0.2, 0) is 0 Å². The Bertz CT molecular complexity index is 1140. The van der Waals surface area contributed by atoms with Crippen LogP contribution in [-0.4, -0.2) is 57.6 Å². The fourth-order valence-corrected chi connectivity index (χ4v) is 5.47. The zero-order chi connectivity index (χ0) is 23.4. The number of likely N-dealkylation sites (tertiary alicyclic amines) is 1. The predicted octanol–water partition coefficient (Wildman–Crippen LogP) is 4.48. The van der Waals surface area contributed by atoms with E-state index in [-0.39, 0.29) is 5.91 Å². The number of aromatic nitrogens is 3. The van der Waals surface area contributed by atoms with E-state index in [2.05, 4.69) is 25.6 Å². The van der Waals surface area contributed by atoms with E-state index >= 15 is 0 Å². The molecule has 0 atom stereocenters. The largest absolute Gasteiger partial charge is 0.346 e. The maximum Gasteiger partial charge on any atom is 0.346 e. The van der Waals surface area contributed by atoms with Crippen LogP contribution in [0.3, 0.4) is 0 Å². The van der Waals surface area contributed by atoms with Crippen LogP contribution in [0, 0.1) is 6.92 Å². The van der Waals surface area contributed by atoms with Crippen molar-refractivity contribution in [3.05, 3.63) is 66.1 Å². The zero-order valence-electron chi connectivity index (χ0n) is 19.8. The zero-order valence-corrected chi connectivity index (χ0v) is 19.8. The SMILES string of the molecule is Cc1ccc(C(=O)[N+]2(C3CCNCC3)CCCCC2)cc1Nc1nccc(-c2cccnc2)n1. The van der Waals surface area contributed by atoms with Crippen molar-refractivity contribution in [2.24, 2.45) is 0 Å². The number of amides is 1. The van der Waals surface area contributed by atoms with Crippen molar-refractivity contribution in [3.8, 4) is 11.3 Å². The number of anilines is 2. The highest BCUT2D eigenvalue weighted by atomic mass is 16.2. The first-order valence-corrected chi connectivity index (χ1v) is 12.4. The molecule has 1 aromatic carbocycles. The third kappa shape index (κ3) is 4.58. The Kier molecular flexibility index (Phi) is 6.65. The molecule has 34 heavy (non-hydrogen) atoms. The van der Waals surface area contributed by atoms with Gasteiger partial charge in [-0.1, -0.05) is 6.07 Å². The molecule has 0 bridgehead atoms. The van der Waals surface area contributed by atoms with Gasteiger partial charge in [-0.15, -0.1) is 0 Å². The highest BCUT2D eigenvalue weighted by Crippen LogP contribution is 2.32. The number of quaternary nitrogens is 1. The van der Waals surface area contributed by atoms with Crippen LogP contribution < -0.4 is 10.6 Å². The molecule has 2 fully saturated rings. The molecule has 2 aliphatic heterocycles. The second-order valence-corrected chi connectivity index (χ2v) is 9.49. The van der Waals surface area contributed by atoms with E-state index < -0.39 is 0 Å². The fraction of sp³-hybridized carbons (Fsp3) is 0.407. The number of carbonyl (C=O) groups is 1. The molecular weight excluding hydrogens is 424 g/mol. The molecule has 0 spiro atoms. The standard InChI is InChI=1S/C27H33N6O/c1-20-7-8-21(26(34)33(16-3-2-4-17-33)23-9-13-28-14-10-23)18-25(20)32-27-30-15-11-24(31-27)22-6-5-12-29-19-22/h5-8,11-12,15,18-19,23,28H,2-4,9-10,13-14,16-17H2,1H3,(H,30,31,32)/q+1. The average molecular weight is 458 g/mol. The molecule has 0 radical (unpaired) electrons. The minimum atomic E-state index is 0.264. The summed E-state index contributed by atoms with van der Waals surface area (Å²) in [4.78, 5) is 27.3. The van der Waals surface area contributed by atoms with Gasteiger partial charge in [0.1, 0.15) is 0 Å². The van der Waals surface area contributed by atoms with Crippen LogP contribution in [0.25, 0.3) is 11.3 Å². The lowest BCUT2D eigenvalue weighted by atomic mass is 9.94. The molecular formula is C27H33N6O+. The maximum absolute atomic E-state index is 14.1. The van der Waals surface area contributed by atoms with Crippen LogP contribution in [0.5, 0.6) is 0 Å². The van der Waals surface area contributed by atoms with Crippen LogP contribution in [0.15, 0.2) is 55.0 Å². The monoisotopic (exact) mass is 457 g/mol. The van der Waals surface area contributed by atoms with Crippen LogP contribution in [0.4, 0.5) is 11.6 Å². The number of hydrogen-bond acceptors (Lipinski definition) is 6. The Hall–Kier alpha value is -3.16. The van der Waals surface area contributed by atoms with Crippen molar-refractivity contribution in [2.45, 2.75) is 45.1 Å². The lowest BCUT2D eigenvalue weighted by Gasteiger charge is -2.46. The highest BCUT2D eigenvalue weighted by molar-refractivity contribution is 5.91. The summed E-state index contributed by atoms with van der Waals surface area (Å²) in [6.07, 6.45) is 10.9. The molecule has 2 N–H and O–H groups in total. The molecule has 0 aliphatic carbocycles. The number of carbonyl (C=O) groups excluding carboxylic acids is 1. The van der Waals surface area contributed by atoms with Gasteiger partial charge in [-0.2, -0.15) is 0 Å². The summed E-state index contributed by atoms with van der Waals surface area (Å²) in [6, 6.07) is 12.2. The van der Waals surface area contributed by atoms with Crippen molar-refractivity contribution < 1.29 is 9.28 Å². The number of benzene rings is 1. The Morgan fingerprint density at radius 3 is 2.65 bits per heavy atom. The Labute approximate surface area is 201 Å². The number of pyridine rings is 1. The quantitative estimate of drug-likeness (QED) is 0.550. The average Bonchev–Trinajstić information content (AvgIpc) is 2.91. The number of hydrogen-bond donors (Lipinski definition) is 2. The Morgan fingerprint density at radius 1 is 1.06 bits per heavy atom.